The topological polar surface area (TPSA) is 17.8 Å². The average molecular weight is 199 g/mol. The lowest BCUT2D eigenvalue weighted by Gasteiger charge is -2.10. The second-order valence-electron chi connectivity index (χ2n) is 3.68. The molecule has 2 unspecified atom stereocenters. The summed E-state index contributed by atoms with van der Waals surface area (Å²) < 4.78 is 2.08. The van der Waals surface area contributed by atoms with Crippen LogP contribution < -0.4 is 0 Å². The molecule has 1 aromatic heterocycles. The standard InChI is InChI=1S/C10H15ClN2/c1-2-13-10(5-6-12-13)8-3-4-9(11)7-8/h5-6,8-9H,2-4,7H2,1H3. The minimum atomic E-state index is 0.380. The first-order valence-corrected chi connectivity index (χ1v) is 5.40. The molecule has 0 N–H and O–H groups in total. The molecule has 0 aromatic carbocycles. The van der Waals surface area contributed by atoms with E-state index in [0.717, 1.165) is 19.4 Å². The number of aryl methyl sites for hydroxylation is 1. The number of hydrogen-bond acceptors (Lipinski definition) is 1. The molecule has 0 amide bonds. The molecule has 1 aliphatic carbocycles. The average Bonchev–Trinajstić information content (AvgIpc) is 2.71. The van der Waals surface area contributed by atoms with Crippen LogP contribution in [-0.4, -0.2) is 15.2 Å². The lowest BCUT2D eigenvalue weighted by atomic mass is 10.0. The maximum absolute atomic E-state index is 6.09. The Kier molecular flexibility index (Phi) is 2.58. The number of hydrogen-bond donors (Lipinski definition) is 0. The van der Waals surface area contributed by atoms with Gasteiger partial charge in [-0.3, -0.25) is 4.68 Å². The number of aromatic nitrogens is 2. The second-order valence-corrected chi connectivity index (χ2v) is 4.30. The Morgan fingerprint density at radius 2 is 2.46 bits per heavy atom. The van der Waals surface area contributed by atoms with Crippen LogP contribution in [-0.2, 0) is 6.54 Å². The highest BCUT2D eigenvalue weighted by atomic mass is 35.5. The van der Waals surface area contributed by atoms with Crippen LogP contribution in [0.5, 0.6) is 0 Å². The summed E-state index contributed by atoms with van der Waals surface area (Å²) in [6.07, 6.45) is 5.38. The molecule has 0 radical (unpaired) electrons. The minimum Gasteiger partial charge on any atom is -0.270 e. The highest BCUT2D eigenvalue weighted by Gasteiger charge is 2.26. The summed E-state index contributed by atoms with van der Waals surface area (Å²) in [4.78, 5) is 0. The fourth-order valence-corrected chi connectivity index (χ4v) is 2.49. The first kappa shape index (κ1) is 9.07. The van der Waals surface area contributed by atoms with E-state index in [1.807, 2.05) is 6.20 Å². The number of nitrogens with zero attached hydrogens (tertiary/aromatic N) is 2. The van der Waals surface area contributed by atoms with E-state index in [0.29, 0.717) is 11.3 Å². The summed E-state index contributed by atoms with van der Waals surface area (Å²) in [7, 11) is 0. The second kappa shape index (κ2) is 3.70. The van der Waals surface area contributed by atoms with Gasteiger partial charge in [0.2, 0.25) is 0 Å². The zero-order valence-corrected chi connectivity index (χ0v) is 8.67. The zero-order valence-electron chi connectivity index (χ0n) is 7.91. The van der Waals surface area contributed by atoms with Gasteiger partial charge < -0.3 is 0 Å². The highest BCUT2D eigenvalue weighted by molar-refractivity contribution is 6.20. The molecule has 1 aliphatic rings. The molecule has 1 aromatic rings. The van der Waals surface area contributed by atoms with E-state index in [4.69, 9.17) is 11.6 Å². The summed E-state index contributed by atoms with van der Waals surface area (Å²) in [6.45, 7) is 3.09. The molecule has 2 rings (SSSR count). The highest BCUT2D eigenvalue weighted by Crippen LogP contribution is 2.36. The quantitative estimate of drug-likeness (QED) is 0.669. The van der Waals surface area contributed by atoms with Gasteiger partial charge in [0, 0.05) is 29.7 Å². The van der Waals surface area contributed by atoms with E-state index < -0.39 is 0 Å². The first-order chi connectivity index (χ1) is 6.31. The Balaban J connectivity index is 2.16. The minimum absolute atomic E-state index is 0.380. The molecule has 2 atom stereocenters. The Labute approximate surface area is 83.9 Å². The predicted octanol–water partition coefficient (Wildman–Crippen LogP) is 2.78. The third kappa shape index (κ3) is 1.73. The smallest absolute Gasteiger partial charge is 0.0492 e. The molecule has 13 heavy (non-hydrogen) atoms. The Bertz CT molecular complexity index is 282. The van der Waals surface area contributed by atoms with Crippen molar-refractivity contribution in [3.8, 4) is 0 Å². The summed E-state index contributed by atoms with van der Waals surface area (Å²) >= 11 is 6.09. The van der Waals surface area contributed by atoms with E-state index in [-0.39, 0.29) is 0 Å². The number of alkyl halides is 1. The number of rotatable bonds is 2. The van der Waals surface area contributed by atoms with Gasteiger partial charge in [-0.2, -0.15) is 5.10 Å². The molecule has 1 heterocycles. The van der Waals surface area contributed by atoms with E-state index in [9.17, 15) is 0 Å². The first-order valence-electron chi connectivity index (χ1n) is 4.97. The molecule has 3 heteroatoms. The van der Waals surface area contributed by atoms with Gasteiger partial charge in [0.25, 0.3) is 0 Å². The van der Waals surface area contributed by atoms with Gasteiger partial charge in [0.1, 0.15) is 0 Å². The van der Waals surface area contributed by atoms with Gasteiger partial charge in [-0.1, -0.05) is 0 Å². The van der Waals surface area contributed by atoms with Crippen molar-refractivity contribution < 1.29 is 0 Å². The molecule has 1 fully saturated rings. The van der Waals surface area contributed by atoms with Gasteiger partial charge in [-0.15, -0.1) is 11.6 Å². The van der Waals surface area contributed by atoms with Crippen LogP contribution in [0.3, 0.4) is 0 Å². The molecular weight excluding hydrogens is 184 g/mol. The van der Waals surface area contributed by atoms with E-state index in [1.54, 1.807) is 0 Å². The van der Waals surface area contributed by atoms with Gasteiger partial charge in [0.05, 0.1) is 0 Å². The van der Waals surface area contributed by atoms with Gasteiger partial charge in [-0.05, 0) is 32.3 Å². The Morgan fingerprint density at radius 3 is 3.08 bits per heavy atom. The van der Waals surface area contributed by atoms with Crippen molar-refractivity contribution in [3.05, 3.63) is 18.0 Å². The van der Waals surface area contributed by atoms with Crippen LogP contribution in [0.25, 0.3) is 0 Å². The van der Waals surface area contributed by atoms with Crippen LogP contribution in [0.4, 0.5) is 0 Å². The monoisotopic (exact) mass is 198 g/mol. The maximum atomic E-state index is 6.09. The van der Waals surface area contributed by atoms with Crippen molar-refractivity contribution in [2.45, 2.75) is 44.0 Å². The van der Waals surface area contributed by atoms with Gasteiger partial charge in [0.15, 0.2) is 0 Å². The normalized spacial score (nSPS) is 28.2. The summed E-state index contributed by atoms with van der Waals surface area (Å²) in [5, 5.41) is 4.66. The zero-order chi connectivity index (χ0) is 9.26. The van der Waals surface area contributed by atoms with E-state index >= 15 is 0 Å². The largest absolute Gasteiger partial charge is 0.270 e. The van der Waals surface area contributed by atoms with E-state index in [1.165, 1.54) is 12.1 Å². The molecule has 0 bridgehead atoms. The maximum Gasteiger partial charge on any atom is 0.0492 e. The third-order valence-electron chi connectivity index (χ3n) is 2.84. The van der Waals surface area contributed by atoms with Crippen LogP contribution in [0.2, 0.25) is 0 Å². The SMILES string of the molecule is CCn1nccc1C1CCC(Cl)C1. The fourth-order valence-electron chi connectivity index (χ4n) is 2.15. The van der Waals surface area contributed by atoms with Crippen LogP contribution >= 0.6 is 11.6 Å². The summed E-state index contributed by atoms with van der Waals surface area (Å²) in [5.74, 6) is 0.643. The molecule has 72 valence electrons. The fraction of sp³-hybridized carbons (Fsp3) is 0.700. The molecular formula is C10H15ClN2. The van der Waals surface area contributed by atoms with Crippen molar-refractivity contribution >= 4 is 11.6 Å². The van der Waals surface area contributed by atoms with Crippen molar-refractivity contribution in [3.63, 3.8) is 0 Å². The molecule has 1 saturated carbocycles. The predicted molar refractivity (Wildman–Crippen MR) is 54.1 cm³/mol. The van der Waals surface area contributed by atoms with E-state index in [2.05, 4.69) is 22.8 Å². The molecule has 0 saturated heterocycles. The third-order valence-corrected chi connectivity index (χ3v) is 3.23. The summed E-state index contributed by atoms with van der Waals surface area (Å²) in [6, 6.07) is 2.13. The van der Waals surface area contributed by atoms with Crippen LogP contribution in [0, 0.1) is 0 Å². The van der Waals surface area contributed by atoms with Crippen molar-refractivity contribution in [1.29, 1.82) is 0 Å². The molecule has 0 aliphatic heterocycles. The van der Waals surface area contributed by atoms with Crippen molar-refractivity contribution in [1.82, 2.24) is 9.78 Å². The lowest BCUT2D eigenvalue weighted by Crippen LogP contribution is -2.06. The van der Waals surface area contributed by atoms with Crippen LogP contribution in [0.1, 0.15) is 37.8 Å². The Morgan fingerprint density at radius 1 is 1.62 bits per heavy atom. The Hall–Kier alpha value is -0.500. The summed E-state index contributed by atoms with van der Waals surface area (Å²) in [5.41, 5.74) is 1.37. The van der Waals surface area contributed by atoms with Crippen LogP contribution in [0.15, 0.2) is 12.3 Å². The molecule has 0 spiro atoms. The van der Waals surface area contributed by atoms with Gasteiger partial charge >= 0.3 is 0 Å². The van der Waals surface area contributed by atoms with Gasteiger partial charge in [-0.25, -0.2) is 0 Å². The number of halogens is 1. The lowest BCUT2D eigenvalue weighted by molar-refractivity contribution is 0.569. The van der Waals surface area contributed by atoms with Crippen molar-refractivity contribution in [2.24, 2.45) is 0 Å². The molecule has 2 nitrogen and oxygen atoms in total. The van der Waals surface area contributed by atoms with Crippen molar-refractivity contribution in [2.75, 3.05) is 0 Å².